The zero-order valence-electron chi connectivity index (χ0n) is 16.4. The second-order valence-electron chi connectivity index (χ2n) is 7.09. The summed E-state index contributed by atoms with van der Waals surface area (Å²) in [6, 6.07) is 13.8. The Labute approximate surface area is 172 Å². The maximum absolute atomic E-state index is 13.0. The highest BCUT2D eigenvalue weighted by molar-refractivity contribution is 7.92. The number of halogens is 3. The summed E-state index contributed by atoms with van der Waals surface area (Å²) in [6.45, 7) is 1.86. The van der Waals surface area contributed by atoms with Gasteiger partial charge in [-0.05, 0) is 42.3 Å². The molecule has 158 valence electrons. The normalized spacial score (nSPS) is 14.3. The number of sulfonamides is 1. The zero-order chi connectivity index (χ0) is 22.2. The van der Waals surface area contributed by atoms with Crippen LogP contribution in [-0.4, -0.2) is 19.2 Å². The van der Waals surface area contributed by atoms with Crippen molar-refractivity contribution in [2.24, 2.45) is 0 Å². The molecule has 0 radical (unpaired) electrons. The fraction of sp³-hybridized carbons (Fsp3) is 0.286. The van der Waals surface area contributed by atoms with Gasteiger partial charge in [-0.15, -0.1) is 0 Å². The van der Waals surface area contributed by atoms with Crippen LogP contribution in [0, 0.1) is 11.3 Å². The Morgan fingerprint density at radius 3 is 2.23 bits per heavy atom. The number of nitriles is 1. The van der Waals surface area contributed by atoms with Crippen LogP contribution in [0.3, 0.4) is 0 Å². The topological polar surface area (TPSA) is 74.9 Å². The van der Waals surface area contributed by atoms with E-state index < -0.39 is 27.3 Å². The lowest BCUT2D eigenvalue weighted by molar-refractivity contribution is -0.137. The van der Waals surface area contributed by atoms with Crippen LogP contribution in [0.25, 0.3) is 10.9 Å². The molecule has 0 bridgehead atoms. The van der Waals surface area contributed by atoms with E-state index in [-0.39, 0.29) is 6.42 Å². The van der Waals surface area contributed by atoms with E-state index in [9.17, 15) is 26.9 Å². The lowest BCUT2D eigenvalue weighted by Crippen LogP contribution is -2.33. The van der Waals surface area contributed by atoms with Crippen LogP contribution >= 0.6 is 0 Å². The Balaban J connectivity index is 2.21. The number of fused-ring (bicyclic) bond motifs is 1. The minimum absolute atomic E-state index is 0.0301. The van der Waals surface area contributed by atoms with Crippen molar-refractivity contribution in [2.75, 3.05) is 11.0 Å². The first-order valence-electron chi connectivity index (χ1n) is 9.15. The van der Waals surface area contributed by atoms with Crippen molar-refractivity contribution in [3.05, 3.63) is 65.9 Å². The summed E-state index contributed by atoms with van der Waals surface area (Å²) in [7, 11) is -3.50. The van der Waals surface area contributed by atoms with E-state index in [1.807, 2.05) is 11.5 Å². The SMILES string of the molecule is CCC(CC#N)(c1ccc(C(F)(F)F)cc1)n1ccc2c(NS(C)(=O)=O)cccc21. The number of anilines is 1. The molecule has 3 rings (SSSR count). The second kappa shape index (κ2) is 7.69. The van der Waals surface area contributed by atoms with E-state index in [1.54, 1.807) is 30.5 Å². The summed E-state index contributed by atoms with van der Waals surface area (Å²) in [4.78, 5) is 0. The maximum atomic E-state index is 13.0. The second-order valence-corrected chi connectivity index (χ2v) is 8.84. The highest BCUT2D eigenvalue weighted by atomic mass is 32.2. The number of benzene rings is 2. The van der Waals surface area contributed by atoms with Gasteiger partial charge >= 0.3 is 6.18 Å². The molecule has 0 aliphatic heterocycles. The number of rotatable bonds is 6. The van der Waals surface area contributed by atoms with Crippen LogP contribution in [0.15, 0.2) is 54.7 Å². The molecule has 1 N–H and O–H groups in total. The van der Waals surface area contributed by atoms with Gasteiger partial charge in [-0.1, -0.05) is 25.1 Å². The van der Waals surface area contributed by atoms with Gasteiger partial charge in [0.05, 0.1) is 41.1 Å². The van der Waals surface area contributed by atoms with Gasteiger partial charge in [0.1, 0.15) is 0 Å². The molecule has 5 nitrogen and oxygen atoms in total. The number of nitrogens with one attached hydrogen (secondary N) is 1. The van der Waals surface area contributed by atoms with Gasteiger partial charge in [-0.3, -0.25) is 4.72 Å². The number of hydrogen-bond donors (Lipinski definition) is 1. The molecule has 0 fully saturated rings. The average molecular weight is 435 g/mol. The molecule has 0 saturated heterocycles. The first kappa shape index (κ1) is 21.7. The molecule has 9 heteroatoms. The highest BCUT2D eigenvalue weighted by Gasteiger charge is 2.35. The van der Waals surface area contributed by atoms with Crippen LogP contribution in [0.2, 0.25) is 0 Å². The molecule has 1 unspecified atom stereocenters. The highest BCUT2D eigenvalue weighted by Crippen LogP contribution is 2.39. The molecule has 3 aromatic rings. The fourth-order valence-corrected chi connectivity index (χ4v) is 4.33. The first-order valence-corrected chi connectivity index (χ1v) is 11.0. The third-order valence-electron chi connectivity index (χ3n) is 5.20. The van der Waals surface area contributed by atoms with Crippen molar-refractivity contribution in [1.29, 1.82) is 5.26 Å². The maximum Gasteiger partial charge on any atom is 0.416 e. The Hall–Kier alpha value is -2.99. The monoisotopic (exact) mass is 435 g/mol. The van der Waals surface area contributed by atoms with E-state index in [0.717, 1.165) is 18.4 Å². The van der Waals surface area contributed by atoms with Gasteiger partial charge < -0.3 is 4.57 Å². The molecule has 1 aromatic heterocycles. The van der Waals surface area contributed by atoms with Crippen molar-refractivity contribution in [1.82, 2.24) is 4.57 Å². The van der Waals surface area contributed by atoms with Crippen LogP contribution in [0.5, 0.6) is 0 Å². The summed E-state index contributed by atoms with van der Waals surface area (Å²) in [5.74, 6) is 0. The third-order valence-corrected chi connectivity index (χ3v) is 5.79. The summed E-state index contributed by atoms with van der Waals surface area (Å²) in [5, 5.41) is 10.2. The van der Waals surface area contributed by atoms with Gasteiger partial charge in [0.25, 0.3) is 0 Å². The number of alkyl halides is 3. The summed E-state index contributed by atoms with van der Waals surface area (Å²) >= 11 is 0. The van der Waals surface area contributed by atoms with Gasteiger partial charge in [-0.2, -0.15) is 18.4 Å². The van der Waals surface area contributed by atoms with Gasteiger partial charge in [0, 0.05) is 11.6 Å². The van der Waals surface area contributed by atoms with Gasteiger partial charge in [0.2, 0.25) is 10.0 Å². The Morgan fingerprint density at radius 2 is 1.70 bits per heavy atom. The Bertz CT molecular complexity index is 1210. The summed E-state index contributed by atoms with van der Waals surface area (Å²) in [5.41, 5.74) is -0.0443. The molecule has 1 atom stereocenters. The number of hydrogen-bond acceptors (Lipinski definition) is 3. The van der Waals surface area contributed by atoms with Crippen molar-refractivity contribution >= 4 is 26.6 Å². The largest absolute Gasteiger partial charge is 0.416 e. The lowest BCUT2D eigenvalue weighted by atomic mass is 9.83. The van der Waals surface area contributed by atoms with Crippen LogP contribution in [0.1, 0.15) is 30.9 Å². The van der Waals surface area contributed by atoms with E-state index in [2.05, 4.69) is 10.8 Å². The van der Waals surface area contributed by atoms with E-state index >= 15 is 0 Å². The van der Waals surface area contributed by atoms with Crippen LogP contribution in [-0.2, 0) is 21.7 Å². The molecule has 0 aliphatic carbocycles. The molecular weight excluding hydrogens is 415 g/mol. The van der Waals surface area contributed by atoms with Crippen molar-refractivity contribution in [2.45, 2.75) is 31.5 Å². The fourth-order valence-electron chi connectivity index (χ4n) is 3.76. The molecule has 0 aliphatic rings. The average Bonchev–Trinajstić information content (AvgIpc) is 3.10. The van der Waals surface area contributed by atoms with Crippen LogP contribution < -0.4 is 4.72 Å². The Kier molecular flexibility index (Phi) is 5.56. The molecule has 2 aromatic carbocycles. The first-order chi connectivity index (χ1) is 14.0. The molecule has 0 amide bonds. The molecule has 0 spiro atoms. The number of aromatic nitrogens is 1. The quantitative estimate of drug-likeness (QED) is 0.585. The predicted molar refractivity (Wildman–Crippen MR) is 109 cm³/mol. The Morgan fingerprint density at radius 1 is 1.07 bits per heavy atom. The van der Waals surface area contributed by atoms with Gasteiger partial charge in [-0.25, -0.2) is 8.42 Å². The van der Waals surface area contributed by atoms with Gasteiger partial charge in [0.15, 0.2) is 0 Å². The molecular formula is C21H20F3N3O2S. The summed E-state index contributed by atoms with van der Waals surface area (Å²) in [6.07, 6.45) is -1.19. The zero-order valence-corrected chi connectivity index (χ0v) is 17.2. The van der Waals surface area contributed by atoms with Crippen molar-refractivity contribution in [3.63, 3.8) is 0 Å². The number of nitrogens with zero attached hydrogens (tertiary/aromatic N) is 2. The van der Waals surface area contributed by atoms with E-state index in [4.69, 9.17) is 0 Å². The van der Waals surface area contributed by atoms with Crippen LogP contribution in [0.4, 0.5) is 18.9 Å². The smallest absolute Gasteiger partial charge is 0.336 e. The van der Waals surface area contributed by atoms with E-state index in [1.165, 1.54) is 12.1 Å². The standard InChI is InChI=1S/C21H20F3N3O2S/c1-3-20(12-13-25,15-7-9-16(10-8-15)21(22,23)24)27-14-11-17-18(26-30(2,28)29)5-4-6-19(17)27/h4-11,14,26H,3,12H2,1-2H3. The molecule has 0 saturated carbocycles. The molecule has 1 heterocycles. The lowest BCUT2D eigenvalue weighted by Gasteiger charge is -2.34. The minimum atomic E-state index is -4.45. The minimum Gasteiger partial charge on any atom is -0.336 e. The van der Waals surface area contributed by atoms with Crippen molar-refractivity contribution in [3.8, 4) is 6.07 Å². The third kappa shape index (κ3) is 4.00. The van der Waals surface area contributed by atoms with E-state index in [0.29, 0.717) is 28.6 Å². The van der Waals surface area contributed by atoms with Crippen molar-refractivity contribution < 1.29 is 21.6 Å². The molecule has 30 heavy (non-hydrogen) atoms. The predicted octanol–water partition coefficient (Wildman–Crippen LogP) is 5.10. The summed E-state index contributed by atoms with van der Waals surface area (Å²) < 4.78 is 66.7.